The molecule has 1 aromatic rings. The van der Waals surface area contributed by atoms with Gasteiger partial charge in [-0.05, 0) is 12.8 Å². The van der Waals surface area contributed by atoms with E-state index >= 15 is 0 Å². The lowest BCUT2D eigenvalue weighted by Gasteiger charge is -2.19. The van der Waals surface area contributed by atoms with Crippen LogP contribution < -0.4 is 5.73 Å². The highest BCUT2D eigenvalue weighted by molar-refractivity contribution is 7.80. The second kappa shape index (κ2) is 4.09. The van der Waals surface area contributed by atoms with Crippen molar-refractivity contribution in [2.24, 2.45) is 5.73 Å². The molecule has 1 saturated carbocycles. The van der Waals surface area contributed by atoms with Gasteiger partial charge in [-0.1, -0.05) is 31.5 Å². The van der Waals surface area contributed by atoms with E-state index in [1.165, 1.54) is 37.8 Å². The van der Waals surface area contributed by atoms with Crippen LogP contribution in [0.2, 0.25) is 0 Å². The van der Waals surface area contributed by atoms with Gasteiger partial charge in [0.2, 0.25) is 0 Å². The molecular weight excluding hydrogens is 194 g/mol. The Kier molecular flexibility index (Phi) is 2.82. The van der Waals surface area contributed by atoms with E-state index in [9.17, 15) is 0 Å². The van der Waals surface area contributed by atoms with E-state index in [0.29, 0.717) is 16.7 Å². The summed E-state index contributed by atoms with van der Waals surface area (Å²) in [7, 11) is 0. The molecule has 3 N–H and O–H groups in total. The Bertz CT molecular complexity index is 326. The highest BCUT2D eigenvalue weighted by atomic mass is 32.1. The molecule has 3 nitrogen and oxygen atoms in total. The molecule has 4 heteroatoms. The average Bonchev–Trinajstić information content (AvgIpc) is 2.68. The normalized spacial score (nSPS) is 18.3. The zero-order valence-electron chi connectivity index (χ0n) is 8.12. The average molecular weight is 209 g/mol. The van der Waals surface area contributed by atoms with E-state index in [4.69, 9.17) is 18.0 Å². The van der Waals surface area contributed by atoms with Gasteiger partial charge in [-0.2, -0.15) is 0 Å². The largest absolute Gasteiger partial charge is 0.387 e. The van der Waals surface area contributed by atoms with Crippen LogP contribution in [0.1, 0.15) is 49.5 Å². The number of nitrogens with zero attached hydrogens (tertiary/aromatic N) is 1. The summed E-state index contributed by atoms with van der Waals surface area (Å²) >= 11 is 4.86. The smallest absolute Gasteiger partial charge is 0.164 e. The fourth-order valence-electron chi connectivity index (χ4n) is 2.08. The zero-order valence-corrected chi connectivity index (χ0v) is 8.94. The number of aromatic nitrogens is 2. The monoisotopic (exact) mass is 209 g/mol. The Labute approximate surface area is 89.1 Å². The van der Waals surface area contributed by atoms with Crippen molar-refractivity contribution >= 4 is 17.2 Å². The maximum atomic E-state index is 5.49. The molecule has 76 valence electrons. The minimum atomic E-state index is 0.354. The first kappa shape index (κ1) is 9.65. The van der Waals surface area contributed by atoms with Gasteiger partial charge in [-0.25, -0.2) is 4.98 Å². The van der Waals surface area contributed by atoms with Crippen LogP contribution in [0.5, 0.6) is 0 Å². The molecule has 1 aliphatic rings. The van der Waals surface area contributed by atoms with E-state index in [1.54, 1.807) is 0 Å². The Morgan fingerprint density at radius 3 is 2.71 bits per heavy atom. The fourth-order valence-corrected chi connectivity index (χ4v) is 2.19. The number of nitrogens with one attached hydrogen (secondary N) is 1. The molecule has 1 aromatic heterocycles. The SMILES string of the molecule is NC(=S)c1ncc(C2CCCCC2)[nH]1. The van der Waals surface area contributed by atoms with Gasteiger partial charge >= 0.3 is 0 Å². The molecule has 0 aliphatic heterocycles. The van der Waals surface area contributed by atoms with Crippen LogP contribution >= 0.6 is 12.2 Å². The first-order valence-electron chi connectivity index (χ1n) is 5.12. The van der Waals surface area contributed by atoms with Gasteiger partial charge in [0, 0.05) is 17.8 Å². The van der Waals surface area contributed by atoms with Crippen LogP contribution in [-0.2, 0) is 0 Å². The number of nitrogens with two attached hydrogens (primary N) is 1. The Balaban J connectivity index is 2.11. The molecule has 0 bridgehead atoms. The third-order valence-electron chi connectivity index (χ3n) is 2.87. The quantitative estimate of drug-likeness (QED) is 0.733. The summed E-state index contributed by atoms with van der Waals surface area (Å²) in [5.41, 5.74) is 6.70. The van der Waals surface area contributed by atoms with Crippen LogP contribution in [0, 0.1) is 0 Å². The van der Waals surface area contributed by atoms with Crippen LogP contribution in [0.15, 0.2) is 6.20 Å². The first-order valence-corrected chi connectivity index (χ1v) is 5.53. The molecule has 0 aromatic carbocycles. The number of thiocarbonyl (C=S) groups is 1. The first-order chi connectivity index (χ1) is 6.77. The van der Waals surface area contributed by atoms with Crippen molar-refractivity contribution < 1.29 is 0 Å². The molecule has 1 heterocycles. The summed E-state index contributed by atoms with van der Waals surface area (Å²) in [4.78, 5) is 7.73. The second-order valence-corrected chi connectivity index (χ2v) is 4.33. The number of rotatable bonds is 2. The summed E-state index contributed by atoms with van der Waals surface area (Å²) in [6, 6.07) is 0. The summed E-state index contributed by atoms with van der Waals surface area (Å²) in [6.07, 6.45) is 8.42. The number of H-pyrrole nitrogens is 1. The highest BCUT2D eigenvalue weighted by Gasteiger charge is 2.17. The third kappa shape index (κ3) is 1.95. The molecule has 0 amide bonds. The highest BCUT2D eigenvalue weighted by Crippen LogP contribution is 2.31. The third-order valence-corrected chi connectivity index (χ3v) is 3.07. The van der Waals surface area contributed by atoms with Crippen molar-refractivity contribution in [3.05, 3.63) is 17.7 Å². The van der Waals surface area contributed by atoms with E-state index in [1.807, 2.05) is 6.20 Å². The van der Waals surface area contributed by atoms with Crippen molar-refractivity contribution in [3.63, 3.8) is 0 Å². The summed E-state index contributed by atoms with van der Waals surface area (Å²) in [5.74, 6) is 1.29. The Hall–Kier alpha value is -0.900. The predicted molar refractivity (Wildman–Crippen MR) is 60.3 cm³/mol. The predicted octanol–water partition coefficient (Wildman–Crippen LogP) is 2.09. The molecular formula is C10H15N3S. The molecule has 0 spiro atoms. The minimum absolute atomic E-state index is 0.354. The molecule has 14 heavy (non-hydrogen) atoms. The lowest BCUT2D eigenvalue weighted by molar-refractivity contribution is 0.437. The van der Waals surface area contributed by atoms with Crippen LogP contribution in [0.25, 0.3) is 0 Å². The number of hydrogen-bond acceptors (Lipinski definition) is 2. The van der Waals surface area contributed by atoms with Gasteiger partial charge in [-0.3, -0.25) is 0 Å². The Morgan fingerprint density at radius 1 is 1.43 bits per heavy atom. The van der Waals surface area contributed by atoms with Gasteiger partial charge in [-0.15, -0.1) is 0 Å². The molecule has 2 rings (SSSR count). The molecule has 0 unspecified atom stereocenters. The van der Waals surface area contributed by atoms with Crippen LogP contribution in [-0.4, -0.2) is 15.0 Å². The second-order valence-electron chi connectivity index (χ2n) is 3.89. The van der Waals surface area contributed by atoms with Crippen LogP contribution in [0.3, 0.4) is 0 Å². The number of aromatic amines is 1. The standard InChI is InChI=1S/C10H15N3S/c11-9(14)10-12-6-8(13-10)7-4-2-1-3-5-7/h6-7H,1-5H2,(H2,11,14)(H,12,13). The fraction of sp³-hybridized carbons (Fsp3) is 0.600. The van der Waals surface area contributed by atoms with E-state index < -0.39 is 0 Å². The number of imidazole rings is 1. The lowest BCUT2D eigenvalue weighted by atomic mass is 9.87. The zero-order chi connectivity index (χ0) is 9.97. The molecule has 1 fully saturated rings. The van der Waals surface area contributed by atoms with E-state index in [0.717, 1.165) is 0 Å². The maximum absolute atomic E-state index is 5.49. The van der Waals surface area contributed by atoms with Gasteiger partial charge in [0.05, 0.1) is 0 Å². The van der Waals surface area contributed by atoms with Gasteiger partial charge in [0.25, 0.3) is 0 Å². The van der Waals surface area contributed by atoms with Crippen molar-refractivity contribution in [2.45, 2.75) is 38.0 Å². The Morgan fingerprint density at radius 2 is 2.14 bits per heavy atom. The minimum Gasteiger partial charge on any atom is -0.387 e. The lowest BCUT2D eigenvalue weighted by Crippen LogP contribution is -2.12. The van der Waals surface area contributed by atoms with Gasteiger partial charge in [0.15, 0.2) is 5.82 Å². The number of hydrogen-bond donors (Lipinski definition) is 2. The molecule has 0 radical (unpaired) electrons. The van der Waals surface area contributed by atoms with Crippen LogP contribution in [0.4, 0.5) is 0 Å². The summed E-state index contributed by atoms with van der Waals surface area (Å²) < 4.78 is 0. The molecule has 0 atom stereocenters. The topological polar surface area (TPSA) is 54.7 Å². The van der Waals surface area contributed by atoms with E-state index in [2.05, 4.69) is 9.97 Å². The van der Waals surface area contributed by atoms with Gasteiger partial charge < -0.3 is 10.7 Å². The van der Waals surface area contributed by atoms with Crippen molar-refractivity contribution in [1.29, 1.82) is 0 Å². The summed E-state index contributed by atoms with van der Waals surface area (Å²) in [5, 5.41) is 0. The molecule has 1 aliphatic carbocycles. The maximum Gasteiger partial charge on any atom is 0.164 e. The van der Waals surface area contributed by atoms with Gasteiger partial charge in [0.1, 0.15) is 4.99 Å². The molecule has 0 saturated heterocycles. The summed E-state index contributed by atoms with van der Waals surface area (Å²) in [6.45, 7) is 0. The van der Waals surface area contributed by atoms with Crippen molar-refractivity contribution in [2.75, 3.05) is 0 Å². The van der Waals surface area contributed by atoms with E-state index in [-0.39, 0.29) is 0 Å². The van der Waals surface area contributed by atoms with Crippen molar-refractivity contribution in [1.82, 2.24) is 9.97 Å². The van der Waals surface area contributed by atoms with Crippen molar-refractivity contribution in [3.8, 4) is 0 Å².